The van der Waals surface area contributed by atoms with Gasteiger partial charge < -0.3 is 15.4 Å². The van der Waals surface area contributed by atoms with E-state index in [-0.39, 0.29) is 11.3 Å². The minimum atomic E-state index is 0.109. The summed E-state index contributed by atoms with van der Waals surface area (Å²) in [6.45, 7) is 8.58. The van der Waals surface area contributed by atoms with Crippen LogP contribution in [0.2, 0.25) is 0 Å². The first-order valence-electron chi connectivity index (χ1n) is 7.44. The van der Waals surface area contributed by atoms with Crippen molar-refractivity contribution in [2.75, 3.05) is 26.8 Å². The summed E-state index contributed by atoms with van der Waals surface area (Å²) in [5.74, 6) is 0.696. The normalized spacial score (nSPS) is 24.2. The molecule has 1 rings (SSSR count). The zero-order valence-corrected chi connectivity index (χ0v) is 12.9. The number of nitrogens with one attached hydrogen (secondary N) is 2. The van der Waals surface area contributed by atoms with Gasteiger partial charge in [0.1, 0.15) is 0 Å². The quantitative estimate of drug-likeness (QED) is 0.725. The Kier molecular flexibility index (Phi) is 6.80. The molecule has 4 heteroatoms. The van der Waals surface area contributed by atoms with E-state index in [2.05, 4.69) is 31.4 Å². The number of rotatable bonds is 6. The highest BCUT2D eigenvalue weighted by Gasteiger charge is 2.34. The van der Waals surface area contributed by atoms with Gasteiger partial charge in [-0.25, -0.2) is 0 Å². The molecule has 112 valence electrons. The maximum absolute atomic E-state index is 11.9. The van der Waals surface area contributed by atoms with Crippen LogP contribution in [-0.4, -0.2) is 38.8 Å². The van der Waals surface area contributed by atoms with Crippen molar-refractivity contribution in [3.05, 3.63) is 0 Å². The maximum atomic E-state index is 11.9. The summed E-state index contributed by atoms with van der Waals surface area (Å²) >= 11 is 0. The zero-order chi connectivity index (χ0) is 14.3. The first-order valence-corrected chi connectivity index (χ1v) is 7.44. The molecule has 2 N–H and O–H groups in total. The molecule has 1 aliphatic carbocycles. The van der Waals surface area contributed by atoms with E-state index >= 15 is 0 Å². The van der Waals surface area contributed by atoms with Crippen LogP contribution in [0.25, 0.3) is 0 Å². The van der Waals surface area contributed by atoms with Gasteiger partial charge >= 0.3 is 0 Å². The molecule has 0 bridgehead atoms. The molecule has 2 atom stereocenters. The Morgan fingerprint density at radius 2 is 1.95 bits per heavy atom. The summed E-state index contributed by atoms with van der Waals surface area (Å²) in [6, 6.07) is 0.338. The molecule has 0 aromatic rings. The van der Waals surface area contributed by atoms with Crippen LogP contribution in [0.3, 0.4) is 0 Å². The smallest absolute Gasteiger partial charge is 0.234 e. The molecule has 0 aromatic carbocycles. The largest absolute Gasteiger partial charge is 0.383 e. The van der Waals surface area contributed by atoms with E-state index in [0.29, 0.717) is 25.1 Å². The van der Waals surface area contributed by atoms with Gasteiger partial charge in [0.2, 0.25) is 5.91 Å². The summed E-state index contributed by atoms with van der Waals surface area (Å²) in [6.07, 6.45) is 4.87. The summed E-state index contributed by atoms with van der Waals surface area (Å²) in [5, 5.41) is 6.30. The topological polar surface area (TPSA) is 50.4 Å². The Balaban J connectivity index is 2.38. The van der Waals surface area contributed by atoms with Gasteiger partial charge in [0.15, 0.2) is 0 Å². The average molecular weight is 270 g/mol. The summed E-state index contributed by atoms with van der Waals surface area (Å²) in [5.41, 5.74) is 0.266. The van der Waals surface area contributed by atoms with Gasteiger partial charge in [0.05, 0.1) is 13.2 Å². The molecular weight excluding hydrogens is 240 g/mol. The third-order valence-corrected chi connectivity index (χ3v) is 3.99. The van der Waals surface area contributed by atoms with E-state index in [9.17, 15) is 4.79 Å². The number of carbonyl (C=O) groups excluding carboxylic acids is 1. The standard InChI is InChI=1S/C15H30N2O2/c1-15(2,3)12-7-5-6-8-13(12)17-14(18)11-16-9-10-19-4/h12-13,16H,5-11H2,1-4H3,(H,17,18)/t12-,13+/m1/s1. The predicted octanol–water partition coefficient (Wildman–Crippen LogP) is 1.94. The van der Waals surface area contributed by atoms with Crippen LogP contribution >= 0.6 is 0 Å². The van der Waals surface area contributed by atoms with Gasteiger partial charge in [-0.05, 0) is 24.2 Å². The van der Waals surface area contributed by atoms with Crippen molar-refractivity contribution in [1.82, 2.24) is 10.6 Å². The van der Waals surface area contributed by atoms with Crippen molar-refractivity contribution < 1.29 is 9.53 Å². The number of hydrogen-bond acceptors (Lipinski definition) is 3. The fourth-order valence-corrected chi connectivity index (χ4v) is 2.97. The van der Waals surface area contributed by atoms with E-state index in [1.807, 2.05) is 0 Å². The lowest BCUT2D eigenvalue weighted by Crippen LogP contribution is -2.49. The predicted molar refractivity (Wildman–Crippen MR) is 78.1 cm³/mol. The average Bonchev–Trinajstić information content (AvgIpc) is 2.34. The summed E-state index contributed by atoms with van der Waals surface area (Å²) in [4.78, 5) is 11.9. The fourth-order valence-electron chi connectivity index (χ4n) is 2.97. The third kappa shape index (κ3) is 5.91. The molecule has 1 amide bonds. The van der Waals surface area contributed by atoms with Gasteiger partial charge in [-0.3, -0.25) is 4.79 Å². The summed E-state index contributed by atoms with van der Waals surface area (Å²) < 4.78 is 4.94. The lowest BCUT2D eigenvalue weighted by Gasteiger charge is -2.40. The Hall–Kier alpha value is -0.610. The Morgan fingerprint density at radius 1 is 1.26 bits per heavy atom. The molecule has 0 spiro atoms. The lowest BCUT2D eigenvalue weighted by atomic mass is 9.69. The van der Waals surface area contributed by atoms with Crippen LogP contribution in [0.15, 0.2) is 0 Å². The van der Waals surface area contributed by atoms with Crippen molar-refractivity contribution in [3.8, 4) is 0 Å². The zero-order valence-electron chi connectivity index (χ0n) is 12.9. The van der Waals surface area contributed by atoms with Gasteiger partial charge in [-0.1, -0.05) is 33.6 Å². The molecule has 1 saturated carbocycles. The molecule has 0 aromatic heterocycles. The molecule has 1 fully saturated rings. The molecule has 0 unspecified atom stereocenters. The molecule has 0 saturated heterocycles. The van der Waals surface area contributed by atoms with E-state index in [1.54, 1.807) is 7.11 Å². The minimum Gasteiger partial charge on any atom is -0.383 e. The Labute approximate surface area is 117 Å². The first kappa shape index (κ1) is 16.4. The molecule has 0 aliphatic heterocycles. The van der Waals surface area contributed by atoms with E-state index in [0.717, 1.165) is 13.0 Å². The Morgan fingerprint density at radius 3 is 2.58 bits per heavy atom. The fraction of sp³-hybridized carbons (Fsp3) is 0.933. The van der Waals surface area contributed by atoms with Crippen LogP contribution in [-0.2, 0) is 9.53 Å². The van der Waals surface area contributed by atoms with E-state index < -0.39 is 0 Å². The van der Waals surface area contributed by atoms with Crippen molar-refractivity contribution >= 4 is 5.91 Å². The number of hydrogen-bond donors (Lipinski definition) is 2. The lowest BCUT2D eigenvalue weighted by molar-refractivity contribution is -0.122. The SMILES string of the molecule is COCCNCC(=O)N[C@H]1CCCC[C@H]1C(C)(C)C. The number of ether oxygens (including phenoxy) is 1. The second-order valence-electron chi connectivity index (χ2n) is 6.60. The van der Waals surface area contributed by atoms with Gasteiger partial charge in [0, 0.05) is 19.7 Å². The molecule has 1 aliphatic rings. The van der Waals surface area contributed by atoms with Crippen molar-refractivity contribution in [2.24, 2.45) is 11.3 Å². The number of amides is 1. The molecule has 0 heterocycles. The van der Waals surface area contributed by atoms with Crippen LogP contribution in [0.5, 0.6) is 0 Å². The van der Waals surface area contributed by atoms with Crippen LogP contribution in [0.4, 0.5) is 0 Å². The molecule has 0 radical (unpaired) electrons. The van der Waals surface area contributed by atoms with Gasteiger partial charge in [-0.2, -0.15) is 0 Å². The monoisotopic (exact) mass is 270 g/mol. The van der Waals surface area contributed by atoms with Crippen LogP contribution in [0.1, 0.15) is 46.5 Å². The molecule has 19 heavy (non-hydrogen) atoms. The van der Waals surface area contributed by atoms with E-state index in [1.165, 1.54) is 19.3 Å². The number of carbonyl (C=O) groups is 1. The Bertz CT molecular complexity index is 274. The third-order valence-electron chi connectivity index (χ3n) is 3.99. The maximum Gasteiger partial charge on any atom is 0.234 e. The van der Waals surface area contributed by atoms with Crippen molar-refractivity contribution in [1.29, 1.82) is 0 Å². The summed E-state index contributed by atoms with van der Waals surface area (Å²) in [7, 11) is 1.66. The van der Waals surface area contributed by atoms with E-state index in [4.69, 9.17) is 4.74 Å². The highest BCUT2D eigenvalue weighted by Crippen LogP contribution is 2.37. The van der Waals surface area contributed by atoms with Gasteiger partial charge in [0.25, 0.3) is 0 Å². The minimum absolute atomic E-state index is 0.109. The highest BCUT2D eigenvalue weighted by molar-refractivity contribution is 5.78. The number of methoxy groups -OCH3 is 1. The van der Waals surface area contributed by atoms with Gasteiger partial charge in [-0.15, -0.1) is 0 Å². The first-order chi connectivity index (χ1) is 8.95. The van der Waals surface area contributed by atoms with Crippen molar-refractivity contribution in [2.45, 2.75) is 52.5 Å². The second kappa shape index (κ2) is 7.85. The van der Waals surface area contributed by atoms with Crippen LogP contribution in [0, 0.1) is 11.3 Å². The highest BCUT2D eigenvalue weighted by atomic mass is 16.5. The molecule has 4 nitrogen and oxygen atoms in total. The van der Waals surface area contributed by atoms with Crippen LogP contribution < -0.4 is 10.6 Å². The molecular formula is C15H30N2O2. The van der Waals surface area contributed by atoms with Crippen molar-refractivity contribution in [3.63, 3.8) is 0 Å². The second-order valence-corrected chi connectivity index (χ2v) is 6.60.